The van der Waals surface area contributed by atoms with Crippen molar-refractivity contribution in [3.63, 3.8) is 0 Å². The van der Waals surface area contributed by atoms with Gasteiger partial charge in [0.25, 0.3) is 0 Å². The van der Waals surface area contributed by atoms with E-state index in [1.54, 1.807) is 16.9 Å². The number of urea groups is 1. The molecule has 8 heteroatoms. The highest BCUT2D eigenvalue weighted by atomic mass is 16.2. The van der Waals surface area contributed by atoms with Crippen molar-refractivity contribution in [1.29, 1.82) is 0 Å². The molecule has 3 aromatic heterocycles. The Morgan fingerprint density at radius 3 is 3.00 bits per heavy atom. The summed E-state index contributed by atoms with van der Waals surface area (Å²) in [7, 11) is 0. The lowest BCUT2D eigenvalue weighted by Gasteiger charge is -2.18. The second-order valence-corrected chi connectivity index (χ2v) is 7.18. The second-order valence-electron chi connectivity index (χ2n) is 7.18. The van der Waals surface area contributed by atoms with Crippen LogP contribution in [0.2, 0.25) is 0 Å². The van der Waals surface area contributed by atoms with Crippen LogP contribution in [0.4, 0.5) is 10.6 Å². The van der Waals surface area contributed by atoms with Gasteiger partial charge in [0.1, 0.15) is 5.82 Å². The Balaban J connectivity index is 1.19. The molecule has 0 aliphatic carbocycles. The molecular weight excluding hydrogens is 366 g/mol. The highest BCUT2D eigenvalue weighted by Crippen LogP contribution is 2.17. The van der Waals surface area contributed by atoms with Crippen molar-refractivity contribution in [2.24, 2.45) is 0 Å². The molecule has 1 unspecified atom stereocenters. The number of carbonyl (C=O) groups is 1. The summed E-state index contributed by atoms with van der Waals surface area (Å²) in [5, 5.41) is 12.0. The van der Waals surface area contributed by atoms with E-state index < -0.39 is 0 Å². The summed E-state index contributed by atoms with van der Waals surface area (Å²) in [5.41, 5.74) is 2.76. The number of nitrogens with zero attached hydrogens (tertiary/aromatic N) is 5. The fourth-order valence-electron chi connectivity index (χ4n) is 3.76. The number of anilines is 1. The molecule has 146 valence electrons. The number of para-hydroxylation sites is 1. The quantitative estimate of drug-likeness (QED) is 0.562. The lowest BCUT2D eigenvalue weighted by Crippen LogP contribution is -2.39. The molecule has 0 bridgehead atoms. The number of fused-ring (bicyclic) bond motifs is 2. The summed E-state index contributed by atoms with van der Waals surface area (Å²) in [4.78, 5) is 23.1. The summed E-state index contributed by atoms with van der Waals surface area (Å²) >= 11 is 0. The second kappa shape index (κ2) is 7.38. The van der Waals surface area contributed by atoms with E-state index in [1.807, 2.05) is 53.6 Å². The molecule has 1 atom stereocenters. The standard InChI is InChI=1S/C21H21N7O/c29-21(24-13-16-4-1-3-15-5-2-9-23-20(15)16)27-11-8-17(14-27)25-18-6-7-19-22-10-12-28(19)26-18/h1-7,9-10,12,17H,8,11,13-14H2,(H,24,29)(H,25,26). The average molecular weight is 387 g/mol. The first kappa shape index (κ1) is 17.4. The Morgan fingerprint density at radius 2 is 2.03 bits per heavy atom. The lowest BCUT2D eigenvalue weighted by molar-refractivity contribution is 0.208. The molecule has 0 spiro atoms. The van der Waals surface area contributed by atoms with Crippen molar-refractivity contribution in [2.75, 3.05) is 18.4 Å². The molecule has 2 amide bonds. The van der Waals surface area contributed by atoms with Gasteiger partial charge in [0, 0.05) is 49.7 Å². The Bertz CT molecular complexity index is 1170. The topological polar surface area (TPSA) is 87.5 Å². The molecule has 1 aromatic carbocycles. The molecule has 29 heavy (non-hydrogen) atoms. The first-order chi connectivity index (χ1) is 14.3. The Labute approximate surface area is 167 Å². The van der Waals surface area contributed by atoms with Crippen LogP contribution in [0.1, 0.15) is 12.0 Å². The molecule has 4 heterocycles. The predicted molar refractivity (Wildman–Crippen MR) is 111 cm³/mol. The summed E-state index contributed by atoms with van der Waals surface area (Å²) in [6.07, 6.45) is 6.20. The highest BCUT2D eigenvalue weighted by Gasteiger charge is 2.26. The lowest BCUT2D eigenvalue weighted by atomic mass is 10.1. The number of amides is 2. The van der Waals surface area contributed by atoms with Gasteiger partial charge < -0.3 is 15.5 Å². The Hall–Kier alpha value is -3.68. The van der Waals surface area contributed by atoms with E-state index in [1.165, 1.54) is 0 Å². The number of carbonyl (C=O) groups excluding carboxylic acids is 1. The van der Waals surface area contributed by atoms with Crippen LogP contribution in [0.15, 0.2) is 61.1 Å². The van der Waals surface area contributed by atoms with E-state index in [0.717, 1.165) is 34.4 Å². The fourth-order valence-corrected chi connectivity index (χ4v) is 3.76. The number of rotatable bonds is 4. The van der Waals surface area contributed by atoms with Gasteiger partial charge in [-0.05, 0) is 30.2 Å². The van der Waals surface area contributed by atoms with Gasteiger partial charge in [-0.15, -0.1) is 5.10 Å². The molecule has 1 fully saturated rings. The van der Waals surface area contributed by atoms with Crippen LogP contribution in [-0.2, 0) is 6.54 Å². The molecule has 4 aromatic rings. The van der Waals surface area contributed by atoms with Gasteiger partial charge in [0.05, 0.1) is 5.52 Å². The first-order valence-corrected chi connectivity index (χ1v) is 9.68. The van der Waals surface area contributed by atoms with E-state index in [2.05, 4.69) is 25.7 Å². The third kappa shape index (κ3) is 3.56. The number of aromatic nitrogens is 4. The minimum Gasteiger partial charge on any atom is -0.364 e. The van der Waals surface area contributed by atoms with Crippen LogP contribution in [0.25, 0.3) is 16.6 Å². The van der Waals surface area contributed by atoms with E-state index >= 15 is 0 Å². The van der Waals surface area contributed by atoms with E-state index in [0.29, 0.717) is 19.6 Å². The molecule has 2 N–H and O–H groups in total. The van der Waals surface area contributed by atoms with Crippen LogP contribution in [0, 0.1) is 0 Å². The number of imidazole rings is 1. The van der Waals surface area contributed by atoms with Crippen LogP contribution in [0.3, 0.4) is 0 Å². The Kier molecular flexibility index (Phi) is 4.44. The van der Waals surface area contributed by atoms with Crippen molar-refractivity contribution < 1.29 is 4.79 Å². The zero-order valence-corrected chi connectivity index (χ0v) is 15.8. The average Bonchev–Trinajstić information content (AvgIpc) is 3.41. The van der Waals surface area contributed by atoms with Crippen molar-refractivity contribution >= 4 is 28.4 Å². The summed E-state index contributed by atoms with van der Waals surface area (Å²) in [6, 6.07) is 13.9. The number of hydrogen-bond acceptors (Lipinski definition) is 5. The summed E-state index contributed by atoms with van der Waals surface area (Å²) in [6.45, 7) is 1.81. The number of likely N-dealkylation sites (tertiary alicyclic amines) is 1. The van der Waals surface area contributed by atoms with E-state index in [-0.39, 0.29) is 12.1 Å². The number of pyridine rings is 1. The third-order valence-electron chi connectivity index (χ3n) is 5.23. The third-order valence-corrected chi connectivity index (χ3v) is 5.23. The van der Waals surface area contributed by atoms with Crippen molar-refractivity contribution in [3.05, 3.63) is 66.6 Å². The van der Waals surface area contributed by atoms with Crippen molar-refractivity contribution in [2.45, 2.75) is 19.0 Å². The fraction of sp³-hybridized carbons (Fsp3) is 0.238. The maximum atomic E-state index is 12.6. The van der Waals surface area contributed by atoms with Crippen LogP contribution in [-0.4, -0.2) is 49.6 Å². The number of benzene rings is 1. The first-order valence-electron chi connectivity index (χ1n) is 9.68. The molecule has 1 aliphatic heterocycles. The Morgan fingerprint density at radius 1 is 1.10 bits per heavy atom. The van der Waals surface area contributed by atoms with E-state index in [9.17, 15) is 4.79 Å². The summed E-state index contributed by atoms with van der Waals surface area (Å²) < 4.78 is 1.74. The van der Waals surface area contributed by atoms with Gasteiger partial charge >= 0.3 is 6.03 Å². The molecule has 0 saturated carbocycles. The molecule has 1 saturated heterocycles. The van der Waals surface area contributed by atoms with Crippen LogP contribution < -0.4 is 10.6 Å². The SMILES string of the molecule is O=C(NCc1cccc2cccnc12)N1CCC(Nc2ccc3nccn3n2)C1. The van der Waals surface area contributed by atoms with Gasteiger partial charge in [-0.2, -0.15) is 0 Å². The predicted octanol–water partition coefficient (Wildman–Crippen LogP) is 2.67. The zero-order chi connectivity index (χ0) is 19.6. The molecule has 0 radical (unpaired) electrons. The van der Waals surface area contributed by atoms with Crippen molar-refractivity contribution in [1.82, 2.24) is 29.8 Å². The number of nitrogens with one attached hydrogen (secondary N) is 2. The monoisotopic (exact) mass is 387 g/mol. The maximum absolute atomic E-state index is 12.6. The molecule has 1 aliphatic rings. The molecule has 8 nitrogen and oxygen atoms in total. The zero-order valence-electron chi connectivity index (χ0n) is 15.8. The summed E-state index contributed by atoms with van der Waals surface area (Å²) in [5.74, 6) is 0.782. The van der Waals surface area contributed by atoms with Crippen LogP contribution in [0.5, 0.6) is 0 Å². The van der Waals surface area contributed by atoms with Gasteiger partial charge in [0.2, 0.25) is 0 Å². The molecular formula is C21H21N7O. The normalized spacial score (nSPS) is 16.4. The number of hydrogen-bond donors (Lipinski definition) is 2. The highest BCUT2D eigenvalue weighted by molar-refractivity contribution is 5.82. The minimum atomic E-state index is -0.0553. The van der Waals surface area contributed by atoms with Gasteiger partial charge in [-0.25, -0.2) is 14.3 Å². The van der Waals surface area contributed by atoms with Crippen molar-refractivity contribution in [3.8, 4) is 0 Å². The maximum Gasteiger partial charge on any atom is 0.317 e. The van der Waals surface area contributed by atoms with Gasteiger partial charge in [-0.1, -0.05) is 24.3 Å². The minimum absolute atomic E-state index is 0.0553. The van der Waals surface area contributed by atoms with Gasteiger partial charge in [0.15, 0.2) is 5.65 Å². The molecule has 5 rings (SSSR count). The van der Waals surface area contributed by atoms with Crippen LogP contribution >= 0.6 is 0 Å². The largest absolute Gasteiger partial charge is 0.364 e. The van der Waals surface area contributed by atoms with Gasteiger partial charge in [-0.3, -0.25) is 4.98 Å². The van der Waals surface area contributed by atoms with E-state index in [4.69, 9.17) is 0 Å². The smallest absolute Gasteiger partial charge is 0.317 e.